The SMILES string of the molecule is Cc1cc(-c2ncc[nH]2)nc(C2CCCN2Cc2ccsc2)n1. The van der Waals surface area contributed by atoms with Gasteiger partial charge in [0.15, 0.2) is 5.82 Å². The molecule has 0 radical (unpaired) electrons. The van der Waals surface area contributed by atoms with Gasteiger partial charge in [0.05, 0.1) is 6.04 Å². The Labute approximate surface area is 139 Å². The van der Waals surface area contributed by atoms with Crippen molar-refractivity contribution in [2.45, 2.75) is 32.4 Å². The Bertz CT molecular complexity index is 766. The number of H-pyrrole nitrogens is 1. The summed E-state index contributed by atoms with van der Waals surface area (Å²) in [6.45, 7) is 4.10. The van der Waals surface area contributed by atoms with Gasteiger partial charge in [-0.1, -0.05) is 0 Å². The molecular weight excluding hydrogens is 306 g/mol. The van der Waals surface area contributed by atoms with Crippen LogP contribution in [0.4, 0.5) is 0 Å². The van der Waals surface area contributed by atoms with Crippen LogP contribution in [0.25, 0.3) is 11.5 Å². The van der Waals surface area contributed by atoms with E-state index in [1.165, 1.54) is 12.0 Å². The zero-order chi connectivity index (χ0) is 15.6. The topological polar surface area (TPSA) is 57.7 Å². The third-order valence-corrected chi connectivity index (χ3v) is 4.97. The fraction of sp³-hybridized carbons (Fsp3) is 0.353. The van der Waals surface area contributed by atoms with Gasteiger partial charge in [0.2, 0.25) is 0 Å². The van der Waals surface area contributed by atoms with Gasteiger partial charge in [0.1, 0.15) is 11.5 Å². The van der Waals surface area contributed by atoms with E-state index in [0.717, 1.165) is 42.5 Å². The van der Waals surface area contributed by atoms with E-state index < -0.39 is 0 Å². The molecule has 4 heterocycles. The molecule has 0 bridgehead atoms. The van der Waals surface area contributed by atoms with Crippen molar-refractivity contribution < 1.29 is 0 Å². The highest BCUT2D eigenvalue weighted by Crippen LogP contribution is 2.32. The molecule has 1 aliphatic heterocycles. The molecule has 3 aromatic heterocycles. The van der Waals surface area contributed by atoms with Crippen molar-refractivity contribution in [1.82, 2.24) is 24.8 Å². The highest BCUT2D eigenvalue weighted by atomic mass is 32.1. The van der Waals surface area contributed by atoms with E-state index >= 15 is 0 Å². The second kappa shape index (κ2) is 6.22. The number of nitrogens with one attached hydrogen (secondary N) is 1. The number of aryl methyl sites for hydroxylation is 1. The lowest BCUT2D eigenvalue weighted by atomic mass is 10.2. The van der Waals surface area contributed by atoms with Crippen LogP contribution in [0.1, 0.15) is 36.0 Å². The highest BCUT2D eigenvalue weighted by Gasteiger charge is 2.29. The molecular formula is C17H19N5S. The van der Waals surface area contributed by atoms with Crippen LogP contribution < -0.4 is 0 Å². The molecule has 1 unspecified atom stereocenters. The fourth-order valence-electron chi connectivity index (χ4n) is 3.19. The molecule has 0 amide bonds. The summed E-state index contributed by atoms with van der Waals surface area (Å²) in [7, 11) is 0. The lowest BCUT2D eigenvalue weighted by Gasteiger charge is -2.23. The fourth-order valence-corrected chi connectivity index (χ4v) is 3.85. The standard InChI is InChI=1S/C17H19N5S/c1-12-9-14(16-18-5-6-19-16)21-17(20-12)15-3-2-7-22(15)10-13-4-8-23-11-13/h4-6,8-9,11,15H,2-3,7,10H2,1H3,(H,18,19). The van der Waals surface area contributed by atoms with Gasteiger partial charge in [-0.05, 0) is 54.8 Å². The van der Waals surface area contributed by atoms with Crippen LogP contribution in [0, 0.1) is 6.92 Å². The average Bonchev–Trinajstić information content (AvgIpc) is 3.30. The molecule has 0 aromatic carbocycles. The van der Waals surface area contributed by atoms with Crippen molar-refractivity contribution in [3.05, 3.63) is 52.4 Å². The molecule has 1 atom stereocenters. The summed E-state index contributed by atoms with van der Waals surface area (Å²) in [6.07, 6.45) is 5.89. The molecule has 118 valence electrons. The molecule has 0 saturated carbocycles. The Kier molecular flexibility index (Phi) is 3.93. The minimum absolute atomic E-state index is 0.295. The van der Waals surface area contributed by atoms with E-state index in [4.69, 9.17) is 9.97 Å². The third kappa shape index (κ3) is 3.04. The predicted octanol–water partition coefficient (Wildman–Crippen LogP) is 3.57. The van der Waals surface area contributed by atoms with Crippen molar-refractivity contribution in [2.75, 3.05) is 6.54 Å². The van der Waals surface area contributed by atoms with Gasteiger partial charge >= 0.3 is 0 Å². The Morgan fingerprint density at radius 3 is 3.13 bits per heavy atom. The molecule has 23 heavy (non-hydrogen) atoms. The number of aromatic amines is 1. The van der Waals surface area contributed by atoms with Crippen molar-refractivity contribution in [1.29, 1.82) is 0 Å². The van der Waals surface area contributed by atoms with E-state index in [1.807, 2.05) is 19.2 Å². The monoisotopic (exact) mass is 325 g/mol. The summed E-state index contributed by atoms with van der Waals surface area (Å²) in [5.41, 5.74) is 3.24. The molecule has 1 N–H and O–H groups in total. The molecule has 0 aliphatic carbocycles. The Morgan fingerprint density at radius 2 is 2.35 bits per heavy atom. The number of likely N-dealkylation sites (tertiary alicyclic amines) is 1. The quantitative estimate of drug-likeness (QED) is 0.796. The van der Waals surface area contributed by atoms with Gasteiger partial charge in [-0.2, -0.15) is 11.3 Å². The van der Waals surface area contributed by atoms with Gasteiger partial charge in [-0.25, -0.2) is 15.0 Å². The van der Waals surface area contributed by atoms with Gasteiger partial charge in [0.25, 0.3) is 0 Å². The van der Waals surface area contributed by atoms with E-state index in [9.17, 15) is 0 Å². The predicted molar refractivity (Wildman–Crippen MR) is 91.1 cm³/mol. The van der Waals surface area contributed by atoms with E-state index in [2.05, 4.69) is 31.7 Å². The number of imidazole rings is 1. The largest absolute Gasteiger partial charge is 0.343 e. The number of hydrogen-bond acceptors (Lipinski definition) is 5. The second-order valence-electron chi connectivity index (χ2n) is 5.95. The summed E-state index contributed by atoms with van der Waals surface area (Å²) in [5.74, 6) is 1.73. The van der Waals surface area contributed by atoms with Crippen LogP contribution in [-0.4, -0.2) is 31.4 Å². The van der Waals surface area contributed by atoms with Gasteiger partial charge in [0, 0.05) is 24.6 Å². The molecule has 1 fully saturated rings. The maximum atomic E-state index is 4.79. The van der Waals surface area contributed by atoms with Crippen LogP contribution in [0.3, 0.4) is 0 Å². The van der Waals surface area contributed by atoms with Crippen LogP contribution in [0.15, 0.2) is 35.3 Å². The molecule has 6 heteroatoms. The second-order valence-corrected chi connectivity index (χ2v) is 6.73. The molecule has 1 saturated heterocycles. The summed E-state index contributed by atoms with van der Waals surface area (Å²) in [4.78, 5) is 19.4. The number of hydrogen-bond donors (Lipinski definition) is 1. The Hall–Kier alpha value is -2.05. The number of rotatable bonds is 4. The zero-order valence-electron chi connectivity index (χ0n) is 13.1. The molecule has 1 aliphatic rings. The maximum absolute atomic E-state index is 4.79. The normalized spacial score (nSPS) is 18.6. The minimum Gasteiger partial charge on any atom is -0.343 e. The van der Waals surface area contributed by atoms with Crippen LogP contribution in [-0.2, 0) is 6.54 Å². The lowest BCUT2D eigenvalue weighted by Crippen LogP contribution is -2.24. The van der Waals surface area contributed by atoms with Crippen LogP contribution in [0.2, 0.25) is 0 Å². The summed E-state index contributed by atoms with van der Waals surface area (Å²) < 4.78 is 0. The first-order valence-electron chi connectivity index (χ1n) is 7.90. The van der Waals surface area contributed by atoms with Gasteiger partial charge in [-0.3, -0.25) is 4.90 Å². The van der Waals surface area contributed by atoms with Gasteiger partial charge < -0.3 is 4.98 Å². The van der Waals surface area contributed by atoms with Crippen molar-refractivity contribution >= 4 is 11.3 Å². The third-order valence-electron chi connectivity index (χ3n) is 4.24. The maximum Gasteiger partial charge on any atom is 0.156 e. The molecule has 5 nitrogen and oxygen atoms in total. The van der Waals surface area contributed by atoms with Crippen LogP contribution in [0.5, 0.6) is 0 Å². The smallest absolute Gasteiger partial charge is 0.156 e. The average molecular weight is 325 g/mol. The Morgan fingerprint density at radius 1 is 1.39 bits per heavy atom. The molecule has 0 spiro atoms. The van der Waals surface area contributed by atoms with Crippen molar-refractivity contribution in [3.8, 4) is 11.5 Å². The number of nitrogens with zero attached hydrogens (tertiary/aromatic N) is 4. The van der Waals surface area contributed by atoms with E-state index in [0.29, 0.717) is 6.04 Å². The number of thiophene rings is 1. The lowest BCUT2D eigenvalue weighted by molar-refractivity contribution is 0.240. The summed E-state index contributed by atoms with van der Waals surface area (Å²) >= 11 is 1.75. The summed E-state index contributed by atoms with van der Waals surface area (Å²) in [5, 5.41) is 4.36. The first kappa shape index (κ1) is 14.5. The van der Waals surface area contributed by atoms with E-state index in [1.54, 1.807) is 17.5 Å². The minimum atomic E-state index is 0.295. The molecule has 3 aromatic rings. The van der Waals surface area contributed by atoms with E-state index in [-0.39, 0.29) is 0 Å². The first-order valence-corrected chi connectivity index (χ1v) is 8.84. The van der Waals surface area contributed by atoms with Crippen molar-refractivity contribution in [3.63, 3.8) is 0 Å². The highest BCUT2D eigenvalue weighted by molar-refractivity contribution is 7.07. The van der Waals surface area contributed by atoms with Crippen LogP contribution >= 0.6 is 11.3 Å². The molecule has 4 rings (SSSR count). The van der Waals surface area contributed by atoms with Gasteiger partial charge in [-0.15, -0.1) is 0 Å². The number of aromatic nitrogens is 4. The first-order chi connectivity index (χ1) is 11.3. The summed E-state index contributed by atoms with van der Waals surface area (Å²) in [6, 6.07) is 4.48. The zero-order valence-corrected chi connectivity index (χ0v) is 13.9. The van der Waals surface area contributed by atoms with Crippen molar-refractivity contribution in [2.24, 2.45) is 0 Å². The Balaban J connectivity index is 1.63.